The van der Waals surface area contributed by atoms with Gasteiger partial charge in [0.05, 0.1) is 4.92 Å². The first kappa shape index (κ1) is 14.9. The van der Waals surface area contributed by atoms with E-state index < -0.39 is 0 Å². The second kappa shape index (κ2) is 6.81. The van der Waals surface area contributed by atoms with Crippen LogP contribution in [0.2, 0.25) is 0 Å². The van der Waals surface area contributed by atoms with Crippen LogP contribution >= 0.6 is 0 Å². The number of rotatable bonds is 5. The van der Waals surface area contributed by atoms with Gasteiger partial charge in [-0.3, -0.25) is 15.0 Å². The molecule has 0 saturated carbocycles. The van der Waals surface area contributed by atoms with Gasteiger partial charge in [0, 0.05) is 24.2 Å². The Balaban J connectivity index is 2.06. The predicted molar refractivity (Wildman–Crippen MR) is 79.7 cm³/mol. The first-order valence-electron chi connectivity index (χ1n) is 7.24. The van der Waals surface area contributed by atoms with Crippen LogP contribution in [0.3, 0.4) is 0 Å². The van der Waals surface area contributed by atoms with Gasteiger partial charge < -0.3 is 5.32 Å². The zero-order chi connectivity index (χ0) is 14.5. The lowest BCUT2D eigenvalue weighted by atomic mass is 9.96. The van der Waals surface area contributed by atoms with Crippen LogP contribution in [-0.4, -0.2) is 36.5 Å². The van der Waals surface area contributed by atoms with E-state index in [4.69, 9.17) is 0 Å². The van der Waals surface area contributed by atoms with Crippen LogP contribution in [0.15, 0.2) is 24.3 Å². The number of nitro benzene ring substituents is 1. The summed E-state index contributed by atoms with van der Waals surface area (Å²) < 4.78 is 0. The van der Waals surface area contributed by atoms with Gasteiger partial charge in [-0.15, -0.1) is 0 Å². The number of nitro groups is 1. The van der Waals surface area contributed by atoms with Gasteiger partial charge in [-0.1, -0.05) is 18.2 Å². The van der Waals surface area contributed by atoms with Gasteiger partial charge in [0.1, 0.15) is 0 Å². The lowest BCUT2D eigenvalue weighted by Crippen LogP contribution is -2.35. The fraction of sp³-hybridized carbons (Fsp3) is 0.600. The van der Waals surface area contributed by atoms with Crippen molar-refractivity contribution in [1.29, 1.82) is 0 Å². The Morgan fingerprint density at radius 3 is 2.70 bits per heavy atom. The molecule has 1 aromatic carbocycles. The molecule has 20 heavy (non-hydrogen) atoms. The third-order valence-electron chi connectivity index (χ3n) is 4.25. The summed E-state index contributed by atoms with van der Waals surface area (Å²) in [7, 11) is 2.06. The maximum atomic E-state index is 11.1. The van der Waals surface area contributed by atoms with E-state index in [1.54, 1.807) is 12.1 Å². The molecule has 0 bridgehead atoms. The monoisotopic (exact) mass is 277 g/mol. The highest BCUT2D eigenvalue weighted by atomic mass is 16.6. The molecule has 0 radical (unpaired) electrons. The molecule has 2 rings (SSSR count). The predicted octanol–water partition coefficient (Wildman–Crippen LogP) is 2.59. The molecule has 110 valence electrons. The van der Waals surface area contributed by atoms with Crippen molar-refractivity contribution in [2.75, 3.05) is 26.7 Å². The third-order valence-corrected chi connectivity index (χ3v) is 4.25. The first-order valence-corrected chi connectivity index (χ1v) is 7.24. The number of piperidine rings is 1. The van der Waals surface area contributed by atoms with Crippen LogP contribution < -0.4 is 5.32 Å². The number of hydrogen-bond donors (Lipinski definition) is 1. The van der Waals surface area contributed by atoms with E-state index in [0.717, 1.165) is 25.2 Å². The highest BCUT2D eigenvalue weighted by Crippen LogP contribution is 2.29. The standard InChI is InChI=1S/C15H23N3O2/c1-12(14-5-3-4-6-15(14)18(19)20)17(2)11-13-7-9-16-10-8-13/h3-6,12-13,16H,7-11H2,1-2H3. The van der Waals surface area contributed by atoms with Crippen molar-refractivity contribution in [2.24, 2.45) is 5.92 Å². The number of para-hydroxylation sites is 1. The number of benzene rings is 1. The summed E-state index contributed by atoms with van der Waals surface area (Å²) >= 11 is 0. The molecule has 1 aliphatic rings. The van der Waals surface area contributed by atoms with Crippen molar-refractivity contribution in [3.63, 3.8) is 0 Å². The van der Waals surface area contributed by atoms with Crippen molar-refractivity contribution in [3.05, 3.63) is 39.9 Å². The van der Waals surface area contributed by atoms with Crippen molar-refractivity contribution < 1.29 is 4.92 Å². The Hall–Kier alpha value is -1.46. The molecule has 0 aromatic heterocycles. The van der Waals surface area contributed by atoms with E-state index >= 15 is 0 Å². The zero-order valence-corrected chi connectivity index (χ0v) is 12.2. The molecular weight excluding hydrogens is 254 g/mol. The molecule has 1 aromatic rings. The molecule has 1 unspecified atom stereocenters. The average Bonchev–Trinajstić information content (AvgIpc) is 2.47. The molecule has 1 saturated heterocycles. The highest BCUT2D eigenvalue weighted by Gasteiger charge is 2.23. The van der Waals surface area contributed by atoms with E-state index in [9.17, 15) is 10.1 Å². The van der Waals surface area contributed by atoms with Gasteiger partial charge in [-0.25, -0.2) is 0 Å². The fourth-order valence-electron chi connectivity index (χ4n) is 2.87. The van der Waals surface area contributed by atoms with E-state index in [-0.39, 0.29) is 16.7 Å². The molecule has 5 nitrogen and oxygen atoms in total. The Labute approximate surface area is 120 Å². The van der Waals surface area contributed by atoms with Crippen molar-refractivity contribution in [3.8, 4) is 0 Å². The minimum absolute atomic E-state index is 0.0616. The summed E-state index contributed by atoms with van der Waals surface area (Å²) in [6.45, 7) is 5.20. The molecule has 1 aliphatic heterocycles. The molecule has 0 spiro atoms. The summed E-state index contributed by atoms with van der Waals surface area (Å²) in [5, 5.41) is 14.5. The van der Waals surface area contributed by atoms with Gasteiger partial charge in [0.25, 0.3) is 5.69 Å². The number of nitrogens with one attached hydrogen (secondary N) is 1. The topological polar surface area (TPSA) is 58.4 Å². The molecule has 1 heterocycles. The van der Waals surface area contributed by atoms with Gasteiger partial charge in [-0.2, -0.15) is 0 Å². The highest BCUT2D eigenvalue weighted by molar-refractivity contribution is 5.41. The second-order valence-electron chi connectivity index (χ2n) is 5.62. The molecular formula is C15H23N3O2. The lowest BCUT2D eigenvalue weighted by molar-refractivity contribution is -0.386. The van der Waals surface area contributed by atoms with Crippen LogP contribution in [0.5, 0.6) is 0 Å². The Bertz CT molecular complexity index is 458. The summed E-state index contributed by atoms with van der Waals surface area (Å²) in [6, 6.07) is 7.11. The van der Waals surface area contributed by atoms with Crippen LogP contribution in [0, 0.1) is 16.0 Å². The quantitative estimate of drug-likeness (QED) is 0.664. The Morgan fingerprint density at radius 2 is 2.05 bits per heavy atom. The second-order valence-corrected chi connectivity index (χ2v) is 5.62. The summed E-state index contributed by atoms with van der Waals surface area (Å²) in [5.74, 6) is 0.687. The van der Waals surface area contributed by atoms with Gasteiger partial charge in [0.2, 0.25) is 0 Å². The van der Waals surface area contributed by atoms with Gasteiger partial charge in [-0.05, 0) is 45.8 Å². The van der Waals surface area contributed by atoms with E-state index in [1.807, 2.05) is 19.1 Å². The van der Waals surface area contributed by atoms with Crippen molar-refractivity contribution in [1.82, 2.24) is 10.2 Å². The lowest BCUT2D eigenvalue weighted by Gasteiger charge is -2.31. The summed E-state index contributed by atoms with van der Waals surface area (Å²) in [5.41, 5.74) is 1.02. The van der Waals surface area contributed by atoms with E-state index in [0.29, 0.717) is 5.92 Å². The van der Waals surface area contributed by atoms with Crippen LogP contribution in [-0.2, 0) is 0 Å². The minimum Gasteiger partial charge on any atom is -0.317 e. The van der Waals surface area contributed by atoms with Crippen LogP contribution in [0.1, 0.15) is 31.4 Å². The average molecular weight is 277 g/mol. The zero-order valence-electron chi connectivity index (χ0n) is 12.2. The van der Waals surface area contributed by atoms with Crippen molar-refractivity contribution in [2.45, 2.75) is 25.8 Å². The van der Waals surface area contributed by atoms with Crippen LogP contribution in [0.25, 0.3) is 0 Å². The van der Waals surface area contributed by atoms with Gasteiger partial charge in [0.15, 0.2) is 0 Å². The molecule has 0 amide bonds. The molecule has 0 aliphatic carbocycles. The van der Waals surface area contributed by atoms with E-state index in [1.165, 1.54) is 12.8 Å². The summed E-state index contributed by atoms with van der Waals surface area (Å²) in [6.07, 6.45) is 2.38. The molecule has 1 atom stereocenters. The van der Waals surface area contributed by atoms with Crippen LogP contribution in [0.4, 0.5) is 5.69 Å². The molecule has 1 fully saturated rings. The largest absolute Gasteiger partial charge is 0.317 e. The van der Waals surface area contributed by atoms with Gasteiger partial charge >= 0.3 is 0 Å². The normalized spacial score (nSPS) is 18.1. The molecule has 1 N–H and O–H groups in total. The summed E-state index contributed by atoms with van der Waals surface area (Å²) in [4.78, 5) is 13.1. The Kier molecular flexibility index (Phi) is 5.09. The fourth-order valence-corrected chi connectivity index (χ4v) is 2.87. The third kappa shape index (κ3) is 3.55. The van der Waals surface area contributed by atoms with E-state index in [2.05, 4.69) is 17.3 Å². The smallest absolute Gasteiger partial charge is 0.274 e. The van der Waals surface area contributed by atoms with Crippen molar-refractivity contribution >= 4 is 5.69 Å². The maximum Gasteiger partial charge on any atom is 0.274 e. The number of hydrogen-bond acceptors (Lipinski definition) is 4. The molecule has 5 heteroatoms. The SMILES string of the molecule is CC(c1ccccc1[N+](=O)[O-])N(C)CC1CCNCC1. The number of nitrogens with zero attached hydrogens (tertiary/aromatic N) is 2. The minimum atomic E-state index is -0.287. The Morgan fingerprint density at radius 1 is 1.40 bits per heavy atom. The maximum absolute atomic E-state index is 11.1. The first-order chi connectivity index (χ1) is 9.59.